The lowest BCUT2D eigenvalue weighted by Gasteiger charge is -2.36. The van der Waals surface area contributed by atoms with Crippen LogP contribution in [0.3, 0.4) is 0 Å². The Morgan fingerprint density at radius 1 is 1.67 bits per heavy atom. The number of amides is 1. The van der Waals surface area contributed by atoms with Crippen LogP contribution >= 0.6 is 0 Å². The maximum absolute atomic E-state index is 11.2. The Morgan fingerprint density at radius 3 is 2.50 bits per heavy atom. The lowest BCUT2D eigenvalue weighted by atomic mass is 10.1. The molecule has 2 N–H and O–H groups in total. The Labute approximate surface area is 71.6 Å². The summed E-state index contributed by atoms with van der Waals surface area (Å²) < 4.78 is 23.6. The largest absolute Gasteiger partial charge is 0.368 e. The van der Waals surface area contributed by atoms with Gasteiger partial charge in [-0.3, -0.25) is 4.79 Å². The fourth-order valence-electron chi connectivity index (χ4n) is 1.15. The minimum Gasteiger partial charge on any atom is -0.368 e. The second-order valence-corrected chi connectivity index (χ2v) is 4.93. The highest BCUT2D eigenvalue weighted by molar-refractivity contribution is 7.89. The molecule has 1 amide bonds. The number of nitrogens with two attached hydrogens (primary N) is 1. The van der Waals surface area contributed by atoms with Gasteiger partial charge >= 0.3 is 0 Å². The smallest absolute Gasteiger partial charge is 0.235 e. The molecule has 0 aromatic heterocycles. The number of sulfonamides is 1. The van der Waals surface area contributed by atoms with E-state index in [9.17, 15) is 13.2 Å². The van der Waals surface area contributed by atoms with Gasteiger partial charge in [-0.25, -0.2) is 8.42 Å². The molecule has 0 aromatic carbocycles. The third-order valence-corrected chi connectivity index (χ3v) is 3.90. The lowest BCUT2D eigenvalue weighted by Crippen LogP contribution is -2.57. The van der Waals surface area contributed by atoms with Gasteiger partial charge < -0.3 is 5.73 Å². The SMILES string of the molecule is CCS(=O)(=O)N1CCC1C(N)=O. The van der Waals surface area contributed by atoms with Crippen molar-refractivity contribution in [3.05, 3.63) is 0 Å². The van der Waals surface area contributed by atoms with Gasteiger partial charge in [0.05, 0.1) is 5.75 Å². The van der Waals surface area contributed by atoms with E-state index in [0.717, 1.165) is 4.31 Å². The van der Waals surface area contributed by atoms with Crippen LogP contribution in [0.5, 0.6) is 0 Å². The third-order valence-electron chi connectivity index (χ3n) is 2.02. The first-order valence-corrected chi connectivity index (χ1v) is 5.39. The zero-order valence-electron chi connectivity index (χ0n) is 6.86. The minimum atomic E-state index is -3.22. The summed E-state index contributed by atoms with van der Waals surface area (Å²) in [5.41, 5.74) is 4.99. The van der Waals surface area contributed by atoms with E-state index in [4.69, 9.17) is 5.73 Å². The molecule has 0 aliphatic carbocycles. The minimum absolute atomic E-state index is 0.0246. The van der Waals surface area contributed by atoms with Crippen molar-refractivity contribution in [3.63, 3.8) is 0 Å². The van der Waals surface area contributed by atoms with Crippen LogP contribution in [0.2, 0.25) is 0 Å². The first kappa shape index (κ1) is 9.47. The monoisotopic (exact) mass is 192 g/mol. The zero-order valence-corrected chi connectivity index (χ0v) is 7.67. The summed E-state index contributed by atoms with van der Waals surface area (Å²) in [5.74, 6) is -0.533. The van der Waals surface area contributed by atoms with Gasteiger partial charge in [-0.1, -0.05) is 0 Å². The van der Waals surface area contributed by atoms with Crippen LogP contribution in [0.25, 0.3) is 0 Å². The van der Waals surface area contributed by atoms with Gasteiger partial charge in [-0.05, 0) is 13.3 Å². The molecule has 1 aliphatic heterocycles. The van der Waals surface area contributed by atoms with Crippen molar-refractivity contribution in [1.82, 2.24) is 4.31 Å². The number of carbonyl (C=O) groups is 1. The normalized spacial score (nSPS) is 24.9. The summed E-state index contributed by atoms with van der Waals surface area (Å²) in [6.45, 7) is 1.97. The quantitative estimate of drug-likeness (QED) is 0.616. The number of carbonyl (C=O) groups excluding carboxylic acids is 1. The Balaban J connectivity index is 2.73. The predicted octanol–water partition coefficient (Wildman–Crippen LogP) is -1.10. The van der Waals surface area contributed by atoms with Gasteiger partial charge in [-0.2, -0.15) is 4.31 Å². The summed E-state index contributed by atoms with van der Waals surface area (Å²) >= 11 is 0. The highest BCUT2D eigenvalue weighted by Crippen LogP contribution is 2.21. The molecular formula is C6H12N2O3S. The standard InChI is InChI=1S/C6H12N2O3S/c1-2-12(10,11)8-4-3-5(8)6(7)9/h5H,2-4H2,1H3,(H2,7,9). The molecule has 0 aromatic rings. The number of primary amides is 1. The molecule has 0 spiro atoms. The van der Waals surface area contributed by atoms with E-state index in [0.29, 0.717) is 13.0 Å². The van der Waals surface area contributed by atoms with E-state index in [1.54, 1.807) is 6.92 Å². The summed E-state index contributed by atoms with van der Waals surface area (Å²) in [6, 6.07) is -0.602. The van der Waals surface area contributed by atoms with Crippen molar-refractivity contribution in [2.75, 3.05) is 12.3 Å². The van der Waals surface area contributed by atoms with Crippen LogP contribution in [0.4, 0.5) is 0 Å². The highest BCUT2D eigenvalue weighted by atomic mass is 32.2. The Morgan fingerprint density at radius 2 is 2.25 bits per heavy atom. The van der Waals surface area contributed by atoms with E-state index < -0.39 is 22.0 Å². The molecule has 1 fully saturated rings. The van der Waals surface area contributed by atoms with Crippen LogP contribution in [-0.2, 0) is 14.8 Å². The molecule has 1 saturated heterocycles. The Bertz CT molecular complexity index is 285. The van der Waals surface area contributed by atoms with Gasteiger partial charge in [0.15, 0.2) is 0 Å². The number of hydrogen-bond donors (Lipinski definition) is 1. The molecule has 0 saturated carbocycles. The summed E-state index contributed by atoms with van der Waals surface area (Å²) in [5, 5.41) is 0. The lowest BCUT2D eigenvalue weighted by molar-refractivity contribution is -0.124. The van der Waals surface area contributed by atoms with Gasteiger partial charge in [-0.15, -0.1) is 0 Å². The molecule has 0 bridgehead atoms. The molecule has 1 atom stereocenters. The van der Waals surface area contributed by atoms with E-state index in [-0.39, 0.29) is 5.75 Å². The van der Waals surface area contributed by atoms with Crippen LogP contribution < -0.4 is 5.73 Å². The van der Waals surface area contributed by atoms with Gasteiger partial charge in [0.25, 0.3) is 0 Å². The van der Waals surface area contributed by atoms with E-state index in [1.165, 1.54) is 0 Å². The molecule has 12 heavy (non-hydrogen) atoms. The van der Waals surface area contributed by atoms with Crippen LogP contribution in [0, 0.1) is 0 Å². The van der Waals surface area contributed by atoms with E-state index in [2.05, 4.69) is 0 Å². The first-order chi connectivity index (χ1) is 5.49. The predicted molar refractivity (Wildman–Crippen MR) is 43.8 cm³/mol. The van der Waals surface area contributed by atoms with Crippen molar-refractivity contribution in [3.8, 4) is 0 Å². The van der Waals surface area contributed by atoms with Crippen molar-refractivity contribution < 1.29 is 13.2 Å². The van der Waals surface area contributed by atoms with Crippen LogP contribution in [0.1, 0.15) is 13.3 Å². The molecule has 70 valence electrons. The fraction of sp³-hybridized carbons (Fsp3) is 0.833. The summed E-state index contributed by atoms with van der Waals surface area (Å²) in [4.78, 5) is 10.7. The number of nitrogens with zero attached hydrogens (tertiary/aromatic N) is 1. The fourth-order valence-corrected chi connectivity index (χ4v) is 2.46. The molecule has 1 heterocycles. The molecule has 1 unspecified atom stereocenters. The van der Waals surface area contributed by atoms with Gasteiger partial charge in [0.1, 0.15) is 6.04 Å². The van der Waals surface area contributed by atoms with Crippen LogP contribution in [-0.4, -0.2) is 37.0 Å². The van der Waals surface area contributed by atoms with Crippen molar-refractivity contribution in [2.24, 2.45) is 5.73 Å². The molecule has 1 aliphatic rings. The topological polar surface area (TPSA) is 80.5 Å². The average molecular weight is 192 g/mol. The summed E-state index contributed by atoms with van der Waals surface area (Å²) in [6.07, 6.45) is 0.550. The molecule has 0 radical (unpaired) electrons. The maximum atomic E-state index is 11.2. The number of rotatable bonds is 3. The molecule has 6 heteroatoms. The van der Waals surface area contributed by atoms with Crippen molar-refractivity contribution in [2.45, 2.75) is 19.4 Å². The van der Waals surface area contributed by atoms with E-state index >= 15 is 0 Å². The van der Waals surface area contributed by atoms with Gasteiger partial charge in [0, 0.05) is 6.54 Å². The highest BCUT2D eigenvalue weighted by Gasteiger charge is 2.39. The molecule has 5 nitrogen and oxygen atoms in total. The van der Waals surface area contributed by atoms with Crippen LogP contribution in [0.15, 0.2) is 0 Å². The van der Waals surface area contributed by atoms with Gasteiger partial charge in [0.2, 0.25) is 15.9 Å². The summed E-state index contributed by atoms with van der Waals surface area (Å²) in [7, 11) is -3.22. The van der Waals surface area contributed by atoms with E-state index in [1.807, 2.05) is 0 Å². The van der Waals surface area contributed by atoms with Crippen molar-refractivity contribution in [1.29, 1.82) is 0 Å². The molecule has 1 rings (SSSR count). The number of hydrogen-bond acceptors (Lipinski definition) is 3. The average Bonchev–Trinajstić information content (AvgIpc) is 1.82. The van der Waals surface area contributed by atoms with Crippen molar-refractivity contribution >= 4 is 15.9 Å². The zero-order chi connectivity index (χ0) is 9.35. The second kappa shape index (κ2) is 3.02. The Hall–Kier alpha value is -0.620. The Kier molecular flexibility index (Phi) is 2.39. The maximum Gasteiger partial charge on any atom is 0.235 e. The molecular weight excluding hydrogens is 180 g/mol. The second-order valence-electron chi connectivity index (χ2n) is 2.72. The first-order valence-electron chi connectivity index (χ1n) is 3.78. The third kappa shape index (κ3) is 1.44.